The molecule has 0 saturated carbocycles. The average molecular weight is 315 g/mol. The Morgan fingerprint density at radius 2 is 2.30 bits per heavy atom. The SMILES string of the molecule is COc1cc2c(cc1CNC(=O)Cc1cc(C)[nH]n1)O[C@H](C)C2. The Bertz CT molecular complexity index is 724. The molecule has 3 rings (SSSR count). The first kappa shape index (κ1) is 15.4. The summed E-state index contributed by atoms with van der Waals surface area (Å²) in [5.74, 6) is 1.58. The lowest BCUT2D eigenvalue weighted by atomic mass is 10.1. The fourth-order valence-electron chi connectivity index (χ4n) is 2.80. The number of nitrogens with one attached hydrogen (secondary N) is 2. The Kier molecular flexibility index (Phi) is 4.23. The number of hydrogen-bond donors (Lipinski definition) is 2. The maximum Gasteiger partial charge on any atom is 0.226 e. The summed E-state index contributed by atoms with van der Waals surface area (Å²) >= 11 is 0. The van der Waals surface area contributed by atoms with Gasteiger partial charge in [-0.1, -0.05) is 0 Å². The van der Waals surface area contributed by atoms with Crippen LogP contribution in [0.25, 0.3) is 0 Å². The molecule has 2 aromatic rings. The minimum absolute atomic E-state index is 0.0756. The van der Waals surface area contributed by atoms with Gasteiger partial charge in [-0.15, -0.1) is 0 Å². The Morgan fingerprint density at radius 3 is 3.00 bits per heavy atom. The molecule has 0 radical (unpaired) electrons. The van der Waals surface area contributed by atoms with Crippen LogP contribution in [0.15, 0.2) is 18.2 Å². The van der Waals surface area contributed by atoms with Gasteiger partial charge in [-0.25, -0.2) is 0 Å². The summed E-state index contributed by atoms with van der Waals surface area (Å²) in [6.45, 7) is 4.35. The molecule has 122 valence electrons. The highest BCUT2D eigenvalue weighted by molar-refractivity contribution is 5.78. The van der Waals surface area contributed by atoms with Crippen LogP contribution in [0.1, 0.15) is 29.4 Å². The molecule has 1 aromatic carbocycles. The normalized spacial score (nSPS) is 15.9. The number of methoxy groups -OCH3 is 1. The van der Waals surface area contributed by atoms with E-state index in [4.69, 9.17) is 9.47 Å². The predicted octanol–water partition coefficient (Wildman–Crippen LogP) is 1.91. The zero-order chi connectivity index (χ0) is 16.4. The fraction of sp³-hybridized carbons (Fsp3) is 0.412. The number of H-pyrrole nitrogens is 1. The molecule has 0 fully saturated rings. The molecule has 23 heavy (non-hydrogen) atoms. The van der Waals surface area contributed by atoms with E-state index in [1.165, 1.54) is 0 Å². The van der Waals surface area contributed by atoms with Crippen molar-refractivity contribution in [3.8, 4) is 11.5 Å². The van der Waals surface area contributed by atoms with E-state index in [1.54, 1.807) is 7.11 Å². The smallest absolute Gasteiger partial charge is 0.226 e. The molecule has 2 N–H and O–H groups in total. The van der Waals surface area contributed by atoms with Crippen molar-refractivity contribution in [3.05, 3.63) is 40.7 Å². The second kappa shape index (κ2) is 6.32. The van der Waals surface area contributed by atoms with Gasteiger partial charge in [0, 0.05) is 29.8 Å². The van der Waals surface area contributed by atoms with E-state index >= 15 is 0 Å². The Labute approximate surface area is 135 Å². The molecule has 1 aromatic heterocycles. The summed E-state index contributed by atoms with van der Waals surface area (Å²) < 4.78 is 11.2. The van der Waals surface area contributed by atoms with Gasteiger partial charge in [0.2, 0.25) is 5.91 Å². The Balaban J connectivity index is 1.65. The monoisotopic (exact) mass is 315 g/mol. The van der Waals surface area contributed by atoms with Crippen LogP contribution < -0.4 is 14.8 Å². The Hall–Kier alpha value is -2.50. The third-order valence-corrected chi connectivity index (χ3v) is 3.88. The first-order valence-electron chi connectivity index (χ1n) is 7.69. The topological polar surface area (TPSA) is 76.2 Å². The molecule has 1 atom stereocenters. The minimum atomic E-state index is -0.0756. The van der Waals surface area contributed by atoms with Gasteiger partial charge < -0.3 is 14.8 Å². The van der Waals surface area contributed by atoms with Crippen molar-refractivity contribution in [2.45, 2.75) is 39.3 Å². The van der Waals surface area contributed by atoms with Crippen LogP contribution >= 0.6 is 0 Å². The second-order valence-electron chi connectivity index (χ2n) is 5.90. The lowest BCUT2D eigenvalue weighted by Gasteiger charge is -2.12. The molecular formula is C17H21N3O3. The van der Waals surface area contributed by atoms with Crippen molar-refractivity contribution in [3.63, 3.8) is 0 Å². The quantitative estimate of drug-likeness (QED) is 0.883. The third-order valence-electron chi connectivity index (χ3n) is 3.88. The predicted molar refractivity (Wildman–Crippen MR) is 85.7 cm³/mol. The van der Waals surface area contributed by atoms with Gasteiger partial charge in [0.15, 0.2) is 0 Å². The standard InChI is InChI=1S/C17H21N3O3/c1-10-4-14(20-19-10)8-17(21)18-9-13-7-16-12(5-11(2)23-16)6-15(13)22-3/h4,6-7,11H,5,8-9H2,1-3H3,(H,18,21)(H,19,20)/t11-/m1/s1. The zero-order valence-corrected chi connectivity index (χ0v) is 13.6. The van der Waals surface area contributed by atoms with Crippen LogP contribution in [0.2, 0.25) is 0 Å². The van der Waals surface area contributed by atoms with Crippen LogP contribution in [0.3, 0.4) is 0 Å². The van der Waals surface area contributed by atoms with Crippen LogP contribution in [0.4, 0.5) is 0 Å². The number of benzene rings is 1. The highest BCUT2D eigenvalue weighted by Crippen LogP contribution is 2.34. The number of aryl methyl sites for hydroxylation is 1. The third kappa shape index (κ3) is 3.47. The number of aromatic amines is 1. The number of fused-ring (bicyclic) bond motifs is 1. The summed E-state index contributed by atoms with van der Waals surface area (Å²) in [6, 6.07) is 5.82. The van der Waals surface area contributed by atoms with Crippen molar-refractivity contribution in [1.82, 2.24) is 15.5 Å². The van der Waals surface area contributed by atoms with Crippen LogP contribution in [0.5, 0.6) is 11.5 Å². The number of ether oxygens (including phenoxy) is 2. The number of hydrogen-bond acceptors (Lipinski definition) is 4. The van der Waals surface area contributed by atoms with Crippen molar-refractivity contribution in [1.29, 1.82) is 0 Å². The first-order chi connectivity index (χ1) is 11.0. The first-order valence-corrected chi connectivity index (χ1v) is 7.69. The largest absolute Gasteiger partial charge is 0.496 e. The highest BCUT2D eigenvalue weighted by atomic mass is 16.5. The van der Waals surface area contributed by atoms with Crippen molar-refractivity contribution in [2.75, 3.05) is 7.11 Å². The van der Waals surface area contributed by atoms with Crippen molar-refractivity contribution < 1.29 is 14.3 Å². The molecule has 0 aliphatic carbocycles. The van der Waals surface area contributed by atoms with Crippen LogP contribution in [-0.2, 0) is 24.2 Å². The van der Waals surface area contributed by atoms with Gasteiger partial charge in [-0.05, 0) is 32.0 Å². The maximum atomic E-state index is 12.0. The van der Waals surface area contributed by atoms with E-state index in [0.29, 0.717) is 6.54 Å². The zero-order valence-electron chi connectivity index (χ0n) is 13.6. The number of carbonyl (C=O) groups excluding carboxylic acids is 1. The molecule has 0 unspecified atom stereocenters. The fourth-order valence-corrected chi connectivity index (χ4v) is 2.80. The van der Waals surface area contributed by atoms with E-state index < -0.39 is 0 Å². The van der Waals surface area contributed by atoms with E-state index in [2.05, 4.69) is 15.5 Å². The molecule has 2 heterocycles. The van der Waals surface area contributed by atoms with Gasteiger partial charge in [-0.3, -0.25) is 9.89 Å². The lowest BCUT2D eigenvalue weighted by molar-refractivity contribution is -0.120. The maximum absolute atomic E-state index is 12.0. The minimum Gasteiger partial charge on any atom is -0.496 e. The van der Waals surface area contributed by atoms with Crippen LogP contribution in [0, 0.1) is 6.92 Å². The summed E-state index contributed by atoms with van der Waals surface area (Å²) in [4.78, 5) is 12.0. The van der Waals surface area contributed by atoms with Gasteiger partial charge in [0.1, 0.15) is 17.6 Å². The van der Waals surface area contributed by atoms with E-state index in [1.807, 2.05) is 32.0 Å². The lowest BCUT2D eigenvalue weighted by Crippen LogP contribution is -2.25. The number of carbonyl (C=O) groups is 1. The number of nitrogens with zero attached hydrogens (tertiary/aromatic N) is 1. The van der Waals surface area contributed by atoms with E-state index in [0.717, 1.165) is 40.4 Å². The Morgan fingerprint density at radius 1 is 1.48 bits per heavy atom. The highest BCUT2D eigenvalue weighted by Gasteiger charge is 2.21. The molecule has 0 bridgehead atoms. The number of aromatic nitrogens is 2. The number of rotatable bonds is 5. The second-order valence-corrected chi connectivity index (χ2v) is 5.90. The van der Waals surface area contributed by atoms with Gasteiger partial charge >= 0.3 is 0 Å². The molecule has 0 spiro atoms. The molecule has 1 aliphatic rings. The molecule has 6 nitrogen and oxygen atoms in total. The van der Waals surface area contributed by atoms with Crippen molar-refractivity contribution >= 4 is 5.91 Å². The van der Waals surface area contributed by atoms with Gasteiger partial charge in [0.05, 0.1) is 19.2 Å². The molecule has 0 saturated heterocycles. The molecule has 1 amide bonds. The summed E-state index contributed by atoms with van der Waals surface area (Å²) in [6.07, 6.45) is 1.32. The molecular weight excluding hydrogens is 294 g/mol. The van der Waals surface area contributed by atoms with Gasteiger partial charge in [0.25, 0.3) is 0 Å². The van der Waals surface area contributed by atoms with Crippen molar-refractivity contribution in [2.24, 2.45) is 0 Å². The summed E-state index contributed by atoms with van der Waals surface area (Å²) in [5, 5.41) is 9.81. The van der Waals surface area contributed by atoms with Gasteiger partial charge in [-0.2, -0.15) is 5.10 Å². The van der Waals surface area contributed by atoms with Crippen LogP contribution in [-0.4, -0.2) is 29.3 Å². The summed E-state index contributed by atoms with van der Waals surface area (Å²) in [5.41, 5.74) is 3.74. The van der Waals surface area contributed by atoms with E-state index in [9.17, 15) is 4.79 Å². The number of amides is 1. The molecule has 1 aliphatic heterocycles. The molecule has 6 heteroatoms. The average Bonchev–Trinajstić information content (AvgIpc) is 3.08. The van der Waals surface area contributed by atoms with E-state index in [-0.39, 0.29) is 18.4 Å². The summed E-state index contributed by atoms with van der Waals surface area (Å²) in [7, 11) is 1.64.